The minimum Gasteiger partial charge on any atom is -0.433 e. The lowest BCUT2D eigenvalue weighted by molar-refractivity contribution is -0.186. The maximum atomic E-state index is 12.9. The smallest absolute Gasteiger partial charge is 0.401 e. The molecule has 16 heteroatoms. The van der Waals surface area contributed by atoms with Crippen LogP contribution in [0.25, 0.3) is 0 Å². The fraction of sp³-hybridized carbons (Fsp3) is 0.556. The van der Waals surface area contributed by atoms with Gasteiger partial charge in [-0.25, -0.2) is 0 Å². The molecule has 1 fully saturated rings. The fourth-order valence-corrected chi connectivity index (χ4v) is 3.16. The fourth-order valence-electron chi connectivity index (χ4n) is 3.16. The highest BCUT2D eigenvalue weighted by Crippen LogP contribution is 2.34. The summed E-state index contributed by atoms with van der Waals surface area (Å²) in [6.07, 6.45) is -10.1. The number of nitrogens with zero attached hydrogens (tertiary/aromatic N) is 2. The predicted molar refractivity (Wildman–Crippen MR) is 101 cm³/mol. The lowest BCUT2D eigenvalue weighted by atomic mass is 10.2. The molecule has 8 nitrogen and oxygen atoms in total. The van der Waals surface area contributed by atoms with Crippen molar-refractivity contribution in [3.63, 3.8) is 0 Å². The number of carbonyl (C=O) groups excluding carboxylic acids is 2. The summed E-state index contributed by atoms with van der Waals surface area (Å²) in [5, 5.41) is 2.05. The third-order valence-corrected chi connectivity index (χ3v) is 4.45. The Labute approximate surface area is 187 Å². The van der Waals surface area contributed by atoms with Gasteiger partial charge in [0.1, 0.15) is 12.6 Å². The van der Waals surface area contributed by atoms with Crippen molar-refractivity contribution in [2.75, 3.05) is 49.6 Å². The van der Waals surface area contributed by atoms with Crippen LogP contribution in [0.2, 0.25) is 0 Å². The second kappa shape index (κ2) is 11.1. The monoisotopic (exact) mass is 508 g/mol. The van der Waals surface area contributed by atoms with E-state index in [2.05, 4.69) is 10.1 Å². The first-order valence-electron chi connectivity index (χ1n) is 9.55. The van der Waals surface area contributed by atoms with Gasteiger partial charge in [0.05, 0.1) is 25.4 Å². The molecule has 0 spiro atoms. The number of benzene rings is 1. The van der Waals surface area contributed by atoms with Crippen LogP contribution in [0.15, 0.2) is 18.2 Å². The van der Waals surface area contributed by atoms with Gasteiger partial charge in [0.15, 0.2) is 5.75 Å². The molecule has 2 amide bonds. The van der Waals surface area contributed by atoms with E-state index in [1.807, 2.05) is 0 Å². The van der Waals surface area contributed by atoms with Crippen molar-refractivity contribution in [1.29, 1.82) is 0 Å². The van der Waals surface area contributed by atoms with Gasteiger partial charge in [-0.1, -0.05) is 0 Å². The molecule has 1 aromatic rings. The molecule has 0 bridgehead atoms. The van der Waals surface area contributed by atoms with Crippen molar-refractivity contribution < 1.29 is 54.2 Å². The molecule has 0 aromatic heterocycles. The zero-order valence-electron chi connectivity index (χ0n) is 17.3. The summed E-state index contributed by atoms with van der Waals surface area (Å²) in [6, 6.07) is 1.04. The van der Waals surface area contributed by atoms with Crippen molar-refractivity contribution in [2.45, 2.75) is 25.0 Å². The van der Waals surface area contributed by atoms with Crippen molar-refractivity contribution >= 4 is 23.2 Å². The number of hydrogen-bond acceptors (Lipinski definition) is 6. The molecule has 2 rings (SSSR count). The van der Waals surface area contributed by atoms with Crippen molar-refractivity contribution in [3.05, 3.63) is 18.2 Å². The van der Waals surface area contributed by atoms with Gasteiger partial charge < -0.3 is 25.4 Å². The second-order valence-electron chi connectivity index (χ2n) is 7.04. The summed E-state index contributed by atoms with van der Waals surface area (Å²) in [5.41, 5.74) is 4.89. The first-order chi connectivity index (χ1) is 15.7. The van der Waals surface area contributed by atoms with Crippen LogP contribution in [-0.4, -0.2) is 81.1 Å². The topological polar surface area (TPSA) is 97.1 Å². The first kappa shape index (κ1) is 27.5. The largest absolute Gasteiger partial charge is 0.433 e. The average Bonchev–Trinajstić information content (AvgIpc) is 2.66. The molecule has 0 unspecified atom stereocenters. The summed E-state index contributed by atoms with van der Waals surface area (Å²) in [4.78, 5) is 25.4. The van der Waals surface area contributed by atoms with E-state index in [1.54, 1.807) is 0 Å². The number of anilines is 2. The van der Waals surface area contributed by atoms with Gasteiger partial charge in [0.2, 0.25) is 5.91 Å². The summed E-state index contributed by atoms with van der Waals surface area (Å²) >= 11 is 0. The average molecular weight is 508 g/mol. The van der Waals surface area contributed by atoms with Crippen LogP contribution < -0.4 is 20.7 Å². The van der Waals surface area contributed by atoms with Crippen molar-refractivity contribution in [2.24, 2.45) is 5.73 Å². The molecule has 0 saturated carbocycles. The minimum absolute atomic E-state index is 0.00320. The first-order valence-corrected chi connectivity index (χ1v) is 9.55. The number of carbonyl (C=O) groups is 2. The van der Waals surface area contributed by atoms with E-state index in [4.69, 9.17) is 10.5 Å². The molecule has 1 aromatic carbocycles. The van der Waals surface area contributed by atoms with Crippen LogP contribution >= 0.6 is 0 Å². The number of ether oxygens (including phenoxy) is 2. The number of nitrogens with two attached hydrogens (primary N) is 1. The highest BCUT2D eigenvalue weighted by Gasteiger charge is 2.42. The Morgan fingerprint density at radius 1 is 1.18 bits per heavy atom. The third-order valence-electron chi connectivity index (χ3n) is 4.45. The van der Waals surface area contributed by atoms with Crippen LogP contribution in [0.1, 0.15) is 0 Å². The molecule has 1 saturated heterocycles. The van der Waals surface area contributed by atoms with Gasteiger partial charge in [0.25, 0.3) is 5.91 Å². The van der Waals surface area contributed by atoms with E-state index in [-0.39, 0.29) is 36.0 Å². The van der Waals surface area contributed by atoms with Crippen molar-refractivity contribution in [1.82, 2.24) is 4.90 Å². The Bertz CT molecular complexity index is 849. The zero-order chi connectivity index (χ0) is 25.7. The Hall–Kier alpha value is -2.72. The van der Waals surface area contributed by atoms with E-state index in [9.17, 15) is 44.7 Å². The van der Waals surface area contributed by atoms with Crippen molar-refractivity contribution in [3.8, 4) is 5.75 Å². The maximum Gasteiger partial charge on any atom is 0.401 e. The molecule has 1 heterocycles. The number of amides is 2. The van der Waals surface area contributed by atoms with Crippen LogP contribution in [0.3, 0.4) is 0 Å². The van der Waals surface area contributed by atoms with E-state index >= 15 is 0 Å². The Morgan fingerprint density at radius 3 is 2.29 bits per heavy atom. The van der Waals surface area contributed by atoms with Gasteiger partial charge >= 0.3 is 19.0 Å². The van der Waals surface area contributed by atoms with Crippen LogP contribution in [0.5, 0.6) is 5.75 Å². The van der Waals surface area contributed by atoms with Crippen LogP contribution in [0.4, 0.5) is 46.5 Å². The third kappa shape index (κ3) is 8.25. The summed E-state index contributed by atoms with van der Waals surface area (Å²) < 4.78 is 112. The van der Waals surface area contributed by atoms with E-state index < -0.39 is 62.2 Å². The van der Waals surface area contributed by atoms with Gasteiger partial charge in [-0.15, -0.1) is 0 Å². The molecule has 1 aliphatic heterocycles. The van der Waals surface area contributed by atoms with Gasteiger partial charge in [-0.3, -0.25) is 14.5 Å². The summed E-state index contributed by atoms with van der Waals surface area (Å²) in [5.74, 6) is -2.47. The lowest BCUT2D eigenvalue weighted by Crippen LogP contribution is -2.54. The molecule has 34 heavy (non-hydrogen) atoms. The predicted octanol–water partition coefficient (Wildman–Crippen LogP) is 2.34. The quantitative estimate of drug-likeness (QED) is 0.498. The second-order valence-corrected chi connectivity index (χ2v) is 7.04. The Kier molecular flexibility index (Phi) is 9.02. The van der Waals surface area contributed by atoms with Gasteiger partial charge in [-0.2, -0.15) is 35.1 Å². The van der Waals surface area contributed by atoms with Gasteiger partial charge in [0, 0.05) is 24.8 Å². The number of nitrogens with one attached hydrogen (secondary N) is 1. The summed E-state index contributed by atoms with van der Waals surface area (Å²) in [6.45, 7) is -8.60. The molecular weight excluding hydrogens is 488 g/mol. The molecule has 1 aliphatic rings. The zero-order valence-corrected chi connectivity index (χ0v) is 17.3. The number of alkyl halides is 8. The molecule has 0 radical (unpaired) electrons. The Morgan fingerprint density at radius 2 is 1.79 bits per heavy atom. The lowest BCUT2D eigenvalue weighted by Gasteiger charge is -2.31. The number of halogens is 8. The maximum absolute atomic E-state index is 12.9. The number of hydrogen-bond donors (Lipinski definition) is 2. The molecule has 192 valence electrons. The SMILES string of the molecule is NC[C@@H](C(=O)Nc1ccc(N2CCOCC2=O)c(OC(F)F)c1)N(CC(F)(F)F)CC(F)(F)F. The highest BCUT2D eigenvalue weighted by molar-refractivity contribution is 5.98. The van der Waals surface area contributed by atoms with E-state index in [0.717, 1.165) is 23.1 Å². The molecule has 1 atom stereocenters. The standard InChI is InChI=1S/C18H20F8N4O4/c19-16(20)34-13-5-10(1-2-11(13)30-3-4-33-7-14(30)31)28-15(32)12(6-27)29(8-17(21,22)23)9-18(24,25)26/h1-2,5,12,16H,3-4,6-9,27H2,(H,28,32)/t12-/m0/s1. The number of rotatable bonds is 9. The minimum atomic E-state index is -5.07. The Balaban J connectivity index is 2.30. The van der Waals surface area contributed by atoms with E-state index in [1.165, 1.54) is 0 Å². The number of morpholine rings is 1. The highest BCUT2D eigenvalue weighted by atomic mass is 19.4. The van der Waals surface area contributed by atoms with Gasteiger partial charge in [-0.05, 0) is 12.1 Å². The van der Waals surface area contributed by atoms with E-state index in [0.29, 0.717) is 0 Å². The van der Waals surface area contributed by atoms with Crippen LogP contribution in [0, 0.1) is 0 Å². The normalized spacial score (nSPS) is 16.2. The molecule has 3 N–H and O–H groups in total. The molecular formula is C18H20F8N4O4. The van der Waals surface area contributed by atoms with Crippen LogP contribution in [-0.2, 0) is 14.3 Å². The molecule has 0 aliphatic carbocycles. The summed E-state index contributed by atoms with van der Waals surface area (Å²) in [7, 11) is 0.